The van der Waals surface area contributed by atoms with E-state index in [0.717, 1.165) is 24.8 Å². The minimum atomic E-state index is -0.493. The van der Waals surface area contributed by atoms with Crippen molar-refractivity contribution < 1.29 is 14.3 Å². The van der Waals surface area contributed by atoms with E-state index < -0.39 is 5.97 Å². The topological polar surface area (TPSA) is 55.4 Å². The number of esters is 1. The van der Waals surface area contributed by atoms with Crippen molar-refractivity contribution in [3.8, 4) is 0 Å². The normalized spacial score (nSPS) is 22.1. The van der Waals surface area contributed by atoms with Crippen molar-refractivity contribution in [2.45, 2.75) is 38.6 Å². The van der Waals surface area contributed by atoms with Gasteiger partial charge in [-0.25, -0.2) is 4.79 Å². The van der Waals surface area contributed by atoms with Crippen LogP contribution in [0.2, 0.25) is 0 Å². The Hall–Kier alpha value is -1.62. The number of carbonyl (C=O) groups excluding carboxylic acids is 2. The van der Waals surface area contributed by atoms with Gasteiger partial charge in [0.1, 0.15) is 0 Å². The summed E-state index contributed by atoms with van der Waals surface area (Å²) in [6, 6.07) is 2.12. The van der Waals surface area contributed by atoms with E-state index in [1.165, 1.54) is 12.5 Å². The van der Waals surface area contributed by atoms with Crippen molar-refractivity contribution in [1.29, 1.82) is 0 Å². The largest absolute Gasteiger partial charge is 0.452 e. The second-order valence-corrected chi connectivity index (χ2v) is 6.21. The van der Waals surface area contributed by atoms with E-state index in [-0.39, 0.29) is 18.6 Å². The maximum Gasteiger partial charge on any atom is 0.331 e. The van der Waals surface area contributed by atoms with E-state index in [2.05, 4.69) is 12.2 Å². The Morgan fingerprint density at radius 1 is 1.43 bits per heavy atom. The first-order chi connectivity index (χ1) is 10.1. The highest BCUT2D eigenvalue weighted by Crippen LogP contribution is 2.23. The summed E-state index contributed by atoms with van der Waals surface area (Å²) in [5, 5.41) is 6.82. The van der Waals surface area contributed by atoms with E-state index in [0.29, 0.717) is 5.92 Å². The third-order valence-corrected chi connectivity index (χ3v) is 4.46. The zero-order valence-electron chi connectivity index (χ0n) is 12.2. The number of hydrogen-bond acceptors (Lipinski definition) is 4. The Morgan fingerprint density at radius 2 is 2.24 bits per heavy atom. The highest BCUT2D eigenvalue weighted by atomic mass is 32.1. The number of ether oxygens (including phenoxy) is 1. The van der Waals surface area contributed by atoms with Gasteiger partial charge in [0.15, 0.2) is 6.61 Å². The van der Waals surface area contributed by atoms with Gasteiger partial charge in [0, 0.05) is 12.1 Å². The number of rotatable bonds is 5. The highest BCUT2D eigenvalue weighted by molar-refractivity contribution is 7.08. The van der Waals surface area contributed by atoms with Gasteiger partial charge >= 0.3 is 5.97 Å². The molecule has 1 aliphatic rings. The molecule has 0 saturated heterocycles. The van der Waals surface area contributed by atoms with Crippen LogP contribution in [-0.4, -0.2) is 24.5 Å². The van der Waals surface area contributed by atoms with Gasteiger partial charge in [0.25, 0.3) is 5.91 Å². The molecule has 2 atom stereocenters. The Balaban J connectivity index is 1.69. The minimum Gasteiger partial charge on any atom is -0.452 e. The van der Waals surface area contributed by atoms with E-state index >= 15 is 0 Å². The molecular formula is C16H21NO3S. The first kappa shape index (κ1) is 15.8. The minimum absolute atomic E-state index is 0.212. The number of carbonyl (C=O) groups is 2. The van der Waals surface area contributed by atoms with Crippen LogP contribution in [0.15, 0.2) is 22.9 Å². The Kier molecular flexibility index (Phi) is 5.99. The van der Waals surface area contributed by atoms with Crippen LogP contribution < -0.4 is 5.32 Å². The third-order valence-electron chi connectivity index (χ3n) is 3.76. The van der Waals surface area contributed by atoms with Crippen molar-refractivity contribution in [3.05, 3.63) is 28.5 Å². The standard InChI is InChI=1S/C16H21NO3S/c1-12-4-2-3-5-14(12)17-15(18)10-20-16(19)7-6-13-8-9-21-11-13/h6-9,11-12,14H,2-5,10H2,1H3,(H,17,18)/b7-6+/t12-,14+/m1/s1. The van der Waals surface area contributed by atoms with Crippen molar-refractivity contribution in [2.75, 3.05) is 6.61 Å². The van der Waals surface area contributed by atoms with Crippen molar-refractivity contribution in [1.82, 2.24) is 5.32 Å². The first-order valence-electron chi connectivity index (χ1n) is 7.31. The Morgan fingerprint density at radius 3 is 2.95 bits per heavy atom. The molecule has 1 amide bonds. The molecule has 5 heteroatoms. The fourth-order valence-corrected chi connectivity index (χ4v) is 3.13. The number of hydrogen-bond donors (Lipinski definition) is 1. The van der Waals surface area contributed by atoms with Crippen LogP contribution >= 0.6 is 11.3 Å². The molecule has 1 N–H and O–H groups in total. The summed E-state index contributed by atoms with van der Waals surface area (Å²) in [7, 11) is 0. The van der Waals surface area contributed by atoms with Gasteiger partial charge in [-0.05, 0) is 47.2 Å². The molecule has 1 aromatic heterocycles. The van der Waals surface area contributed by atoms with Gasteiger partial charge in [-0.2, -0.15) is 11.3 Å². The smallest absolute Gasteiger partial charge is 0.331 e. The average Bonchev–Trinajstić information content (AvgIpc) is 2.99. The molecule has 1 heterocycles. The molecule has 1 saturated carbocycles. The molecule has 1 aliphatic carbocycles. The summed E-state index contributed by atoms with van der Waals surface area (Å²) in [6.45, 7) is 1.94. The molecular weight excluding hydrogens is 286 g/mol. The number of nitrogens with one attached hydrogen (secondary N) is 1. The molecule has 0 unspecified atom stereocenters. The van der Waals surface area contributed by atoms with Crippen LogP contribution in [0, 0.1) is 5.92 Å². The lowest BCUT2D eigenvalue weighted by Gasteiger charge is -2.29. The molecule has 0 radical (unpaired) electrons. The molecule has 114 valence electrons. The maximum absolute atomic E-state index is 11.8. The molecule has 21 heavy (non-hydrogen) atoms. The van der Waals surface area contributed by atoms with Crippen molar-refractivity contribution in [3.63, 3.8) is 0 Å². The Labute approximate surface area is 129 Å². The van der Waals surface area contributed by atoms with Gasteiger partial charge < -0.3 is 10.1 Å². The van der Waals surface area contributed by atoms with E-state index in [1.807, 2.05) is 16.8 Å². The second-order valence-electron chi connectivity index (χ2n) is 5.43. The van der Waals surface area contributed by atoms with E-state index in [4.69, 9.17) is 4.74 Å². The summed E-state index contributed by atoms with van der Waals surface area (Å²) in [5.74, 6) is -0.212. The first-order valence-corrected chi connectivity index (χ1v) is 8.26. The summed E-state index contributed by atoms with van der Waals surface area (Å²) >= 11 is 1.56. The fraction of sp³-hybridized carbons (Fsp3) is 0.500. The summed E-state index contributed by atoms with van der Waals surface area (Å²) < 4.78 is 4.94. The predicted molar refractivity (Wildman–Crippen MR) is 83.9 cm³/mol. The number of amides is 1. The van der Waals surface area contributed by atoms with Crippen LogP contribution in [0.1, 0.15) is 38.2 Å². The van der Waals surface area contributed by atoms with Crippen LogP contribution in [-0.2, 0) is 14.3 Å². The maximum atomic E-state index is 11.8. The van der Waals surface area contributed by atoms with Crippen molar-refractivity contribution in [2.24, 2.45) is 5.92 Å². The quantitative estimate of drug-likeness (QED) is 0.672. The second kappa shape index (κ2) is 7.98. The summed E-state index contributed by atoms with van der Waals surface area (Å²) in [6.07, 6.45) is 7.57. The Bertz CT molecular complexity index is 496. The summed E-state index contributed by atoms with van der Waals surface area (Å²) in [4.78, 5) is 23.3. The zero-order valence-corrected chi connectivity index (χ0v) is 13.0. The van der Waals surface area contributed by atoms with Gasteiger partial charge in [-0.3, -0.25) is 4.79 Å². The van der Waals surface area contributed by atoms with Gasteiger partial charge in [-0.1, -0.05) is 19.8 Å². The van der Waals surface area contributed by atoms with Crippen LogP contribution in [0.5, 0.6) is 0 Å². The van der Waals surface area contributed by atoms with Gasteiger partial charge in [0.2, 0.25) is 0 Å². The van der Waals surface area contributed by atoms with Gasteiger partial charge in [-0.15, -0.1) is 0 Å². The highest BCUT2D eigenvalue weighted by Gasteiger charge is 2.22. The molecule has 2 rings (SSSR count). The van der Waals surface area contributed by atoms with E-state index in [9.17, 15) is 9.59 Å². The predicted octanol–water partition coefficient (Wildman–Crippen LogP) is 3.00. The zero-order chi connectivity index (χ0) is 15.1. The summed E-state index contributed by atoms with van der Waals surface area (Å²) in [5.41, 5.74) is 0.956. The molecule has 1 fully saturated rings. The van der Waals surface area contributed by atoms with Crippen LogP contribution in [0.4, 0.5) is 0 Å². The van der Waals surface area contributed by atoms with Crippen LogP contribution in [0.25, 0.3) is 6.08 Å². The lowest BCUT2D eigenvalue weighted by atomic mass is 9.86. The molecule has 0 spiro atoms. The third kappa shape index (κ3) is 5.34. The molecule has 1 aromatic rings. The SMILES string of the molecule is C[C@@H]1CCCC[C@@H]1NC(=O)COC(=O)/C=C/c1ccsc1. The van der Waals surface area contributed by atoms with Crippen LogP contribution in [0.3, 0.4) is 0 Å². The molecule has 4 nitrogen and oxygen atoms in total. The molecule has 0 bridgehead atoms. The van der Waals surface area contributed by atoms with E-state index in [1.54, 1.807) is 17.4 Å². The fourth-order valence-electron chi connectivity index (χ4n) is 2.50. The molecule has 0 aliphatic heterocycles. The van der Waals surface area contributed by atoms with Crippen molar-refractivity contribution >= 4 is 29.3 Å². The van der Waals surface area contributed by atoms with Gasteiger partial charge in [0.05, 0.1) is 0 Å². The lowest BCUT2D eigenvalue weighted by molar-refractivity contribution is -0.144. The lowest BCUT2D eigenvalue weighted by Crippen LogP contribution is -2.42. The average molecular weight is 307 g/mol. The number of thiophene rings is 1. The monoisotopic (exact) mass is 307 g/mol. The molecule has 0 aromatic carbocycles.